The molecule has 1 aliphatic rings. The molecule has 0 aliphatic carbocycles. The van der Waals surface area contributed by atoms with E-state index in [2.05, 4.69) is 36.0 Å². The summed E-state index contributed by atoms with van der Waals surface area (Å²) in [6, 6.07) is 0. The molecular formula is C33H67BrN2. The molecule has 0 saturated heterocycles. The third-order valence-electron chi connectivity index (χ3n) is 7.95. The topological polar surface area (TPSA) is 6.48 Å². The second kappa shape index (κ2) is 29.4. The van der Waals surface area contributed by atoms with Crippen molar-refractivity contribution in [2.75, 3.05) is 19.8 Å². The van der Waals surface area contributed by atoms with Crippen LogP contribution in [0.3, 0.4) is 0 Å². The number of hydrogen-bond acceptors (Lipinski definition) is 2. The van der Waals surface area contributed by atoms with Crippen LogP contribution in [0.2, 0.25) is 0 Å². The van der Waals surface area contributed by atoms with E-state index in [0.29, 0.717) is 0 Å². The summed E-state index contributed by atoms with van der Waals surface area (Å²) >= 11 is 0. The van der Waals surface area contributed by atoms with Gasteiger partial charge in [0, 0.05) is 25.5 Å². The van der Waals surface area contributed by atoms with Crippen LogP contribution in [0, 0.1) is 0 Å². The summed E-state index contributed by atoms with van der Waals surface area (Å²) in [7, 11) is 0. The Morgan fingerprint density at radius 1 is 0.361 bits per heavy atom. The monoisotopic (exact) mass is 570 g/mol. The van der Waals surface area contributed by atoms with Crippen LogP contribution in [0.5, 0.6) is 0 Å². The van der Waals surface area contributed by atoms with Gasteiger partial charge < -0.3 is 9.80 Å². The molecule has 0 saturated carbocycles. The number of rotatable bonds is 28. The zero-order chi connectivity index (χ0) is 25.1. The maximum Gasteiger partial charge on any atom is 0.0893 e. The molecule has 0 spiro atoms. The second-order valence-electron chi connectivity index (χ2n) is 11.5. The molecule has 0 aromatic rings. The Labute approximate surface area is 239 Å². The average molecular weight is 572 g/mol. The van der Waals surface area contributed by atoms with Crippen LogP contribution >= 0.6 is 17.0 Å². The number of halogens is 1. The van der Waals surface area contributed by atoms with E-state index in [0.717, 1.165) is 6.67 Å². The summed E-state index contributed by atoms with van der Waals surface area (Å²) < 4.78 is 0. The SMILES string of the molecule is Br.CCCCCCCCCCCCCCCCN1C=CN(CCCCCCCCCCCCCC)C1. The fraction of sp³-hybridized carbons (Fsp3) is 0.939. The third-order valence-corrected chi connectivity index (χ3v) is 7.95. The molecule has 0 unspecified atom stereocenters. The molecule has 0 atom stereocenters. The first-order valence-corrected chi connectivity index (χ1v) is 16.5. The minimum atomic E-state index is 0. The first-order valence-electron chi connectivity index (χ1n) is 16.5. The standard InChI is InChI=1S/C33H66N2.BrH/c1-3-5-7-9-11-13-15-17-18-20-22-24-26-28-30-35-32-31-34(33-35)29-27-25-23-21-19-16-14-12-10-8-6-4-2;/h31-32H,3-30,33H2,1-2H3;1H. The summed E-state index contributed by atoms with van der Waals surface area (Å²) in [6.45, 7) is 8.25. The maximum atomic E-state index is 2.53. The molecular weight excluding hydrogens is 504 g/mol. The Bertz CT molecular complexity index is 439. The van der Waals surface area contributed by atoms with Gasteiger partial charge in [-0.25, -0.2) is 0 Å². The predicted octanol–water partition coefficient (Wildman–Crippen LogP) is 11.8. The van der Waals surface area contributed by atoms with Gasteiger partial charge in [0.25, 0.3) is 0 Å². The number of unbranched alkanes of at least 4 members (excludes halogenated alkanes) is 24. The van der Waals surface area contributed by atoms with Crippen LogP contribution in [0.4, 0.5) is 0 Å². The number of nitrogens with zero attached hydrogens (tertiary/aromatic N) is 2. The van der Waals surface area contributed by atoms with Crippen LogP contribution in [-0.2, 0) is 0 Å². The largest absolute Gasteiger partial charge is 0.359 e. The van der Waals surface area contributed by atoms with Gasteiger partial charge in [-0.2, -0.15) is 0 Å². The van der Waals surface area contributed by atoms with Gasteiger partial charge in [-0.1, -0.05) is 168 Å². The van der Waals surface area contributed by atoms with Crippen molar-refractivity contribution in [1.82, 2.24) is 9.80 Å². The highest BCUT2D eigenvalue weighted by molar-refractivity contribution is 8.93. The van der Waals surface area contributed by atoms with Crippen LogP contribution in [0.15, 0.2) is 12.4 Å². The van der Waals surface area contributed by atoms with Crippen molar-refractivity contribution in [3.05, 3.63) is 12.4 Å². The molecule has 0 fully saturated rings. The molecule has 2 nitrogen and oxygen atoms in total. The Morgan fingerprint density at radius 3 is 0.833 bits per heavy atom. The fourth-order valence-corrected chi connectivity index (χ4v) is 5.47. The van der Waals surface area contributed by atoms with E-state index in [9.17, 15) is 0 Å². The molecule has 0 amide bonds. The Balaban J connectivity index is 0.0000122. The van der Waals surface area contributed by atoms with Gasteiger partial charge in [0.2, 0.25) is 0 Å². The molecule has 1 heterocycles. The predicted molar refractivity (Wildman–Crippen MR) is 169 cm³/mol. The van der Waals surface area contributed by atoms with Gasteiger partial charge in [-0.15, -0.1) is 17.0 Å². The molecule has 0 aromatic heterocycles. The summed E-state index contributed by atoms with van der Waals surface area (Å²) in [5.41, 5.74) is 0. The fourth-order valence-electron chi connectivity index (χ4n) is 5.47. The van der Waals surface area contributed by atoms with Crippen molar-refractivity contribution < 1.29 is 0 Å². The van der Waals surface area contributed by atoms with Gasteiger partial charge >= 0.3 is 0 Å². The second-order valence-corrected chi connectivity index (χ2v) is 11.5. The van der Waals surface area contributed by atoms with Crippen LogP contribution in [0.25, 0.3) is 0 Å². The molecule has 36 heavy (non-hydrogen) atoms. The van der Waals surface area contributed by atoms with Crippen molar-refractivity contribution in [2.24, 2.45) is 0 Å². The van der Waals surface area contributed by atoms with E-state index in [1.165, 1.54) is 180 Å². The molecule has 0 N–H and O–H groups in total. The summed E-state index contributed by atoms with van der Waals surface area (Å²) in [5, 5.41) is 0. The highest BCUT2D eigenvalue weighted by Gasteiger charge is 2.10. The third kappa shape index (κ3) is 24.2. The van der Waals surface area contributed by atoms with Gasteiger partial charge in [0.05, 0.1) is 6.67 Å². The van der Waals surface area contributed by atoms with E-state index < -0.39 is 0 Å². The lowest BCUT2D eigenvalue weighted by atomic mass is 10.0. The van der Waals surface area contributed by atoms with Gasteiger partial charge in [0.15, 0.2) is 0 Å². The van der Waals surface area contributed by atoms with Crippen LogP contribution in [-0.4, -0.2) is 29.6 Å². The molecule has 216 valence electrons. The van der Waals surface area contributed by atoms with E-state index in [4.69, 9.17) is 0 Å². The maximum absolute atomic E-state index is 2.53. The zero-order valence-corrected chi connectivity index (χ0v) is 26.7. The lowest BCUT2D eigenvalue weighted by Gasteiger charge is -2.21. The van der Waals surface area contributed by atoms with E-state index in [1.807, 2.05) is 0 Å². The van der Waals surface area contributed by atoms with Crippen molar-refractivity contribution in [3.8, 4) is 0 Å². The molecule has 1 aliphatic heterocycles. The van der Waals surface area contributed by atoms with Gasteiger partial charge in [-0.3, -0.25) is 0 Å². The Morgan fingerprint density at radius 2 is 0.583 bits per heavy atom. The lowest BCUT2D eigenvalue weighted by molar-refractivity contribution is 0.257. The smallest absolute Gasteiger partial charge is 0.0893 e. The molecule has 1 rings (SSSR count). The van der Waals surface area contributed by atoms with Crippen LogP contribution < -0.4 is 0 Å². The quantitative estimate of drug-likeness (QED) is 0.0862. The minimum absolute atomic E-state index is 0. The molecule has 0 radical (unpaired) electrons. The highest BCUT2D eigenvalue weighted by Crippen LogP contribution is 2.15. The van der Waals surface area contributed by atoms with Crippen LogP contribution in [0.1, 0.15) is 181 Å². The first-order chi connectivity index (χ1) is 17.4. The van der Waals surface area contributed by atoms with Gasteiger partial charge in [-0.05, 0) is 12.8 Å². The van der Waals surface area contributed by atoms with Crippen molar-refractivity contribution in [3.63, 3.8) is 0 Å². The van der Waals surface area contributed by atoms with Crippen molar-refractivity contribution in [1.29, 1.82) is 0 Å². The van der Waals surface area contributed by atoms with Crippen molar-refractivity contribution in [2.45, 2.75) is 181 Å². The Kier molecular flexibility index (Phi) is 29.2. The molecule has 3 heteroatoms. The first kappa shape index (κ1) is 35.8. The van der Waals surface area contributed by atoms with Crippen molar-refractivity contribution >= 4 is 17.0 Å². The van der Waals surface area contributed by atoms with E-state index in [-0.39, 0.29) is 17.0 Å². The lowest BCUT2D eigenvalue weighted by Crippen LogP contribution is -2.26. The average Bonchev–Trinajstić information content (AvgIpc) is 3.32. The number of hydrogen-bond donors (Lipinski definition) is 0. The highest BCUT2D eigenvalue weighted by atomic mass is 79.9. The van der Waals surface area contributed by atoms with E-state index in [1.54, 1.807) is 0 Å². The Hall–Kier alpha value is -0.180. The normalized spacial score (nSPS) is 13.1. The summed E-state index contributed by atoms with van der Waals surface area (Å²) in [6.07, 6.45) is 42.2. The summed E-state index contributed by atoms with van der Waals surface area (Å²) in [4.78, 5) is 5.06. The zero-order valence-electron chi connectivity index (χ0n) is 25.0. The van der Waals surface area contributed by atoms with Gasteiger partial charge in [0.1, 0.15) is 0 Å². The summed E-state index contributed by atoms with van der Waals surface area (Å²) in [5.74, 6) is 0. The minimum Gasteiger partial charge on any atom is -0.359 e. The van der Waals surface area contributed by atoms with E-state index >= 15 is 0 Å². The molecule has 0 bridgehead atoms. The molecule has 0 aromatic carbocycles.